The minimum absolute atomic E-state index is 0.0999. The van der Waals surface area contributed by atoms with Crippen molar-refractivity contribution in [2.45, 2.75) is 52.6 Å². The molecule has 1 unspecified atom stereocenters. The molecule has 106 valence electrons. The third-order valence-electron chi connectivity index (χ3n) is 3.82. The highest BCUT2D eigenvalue weighted by atomic mass is 16.1. The van der Waals surface area contributed by atoms with Gasteiger partial charge in [0.1, 0.15) is 0 Å². The van der Waals surface area contributed by atoms with Gasteiger partial charge in [-0.05, 0) is 59.2 Å². The topological polar surface area (TPSA) is 44.4 Å². The van der Waals surface area contributed by atoms with E-state index in [2.05, 4.69) is 29.4 Å². The standard InChI is InChI=1S/C14H29N3O/c1-5-17-8-6-13(7-9-17)12(4)15-10-14(18)16-11(2)3/h11-13,15H,5-10H2,1-4H3,(H,16,18). The number of hydrogen-bond donors (Lipinski definition) is 2. The van der Waals surface area contributed by atoms with Crippen LogP contribution in [0.2, 0.25) is 0 Å². The van der Waals surface area contributed by atoms with Gasteiger partial charge in [0.15, 0.2) is 0 Å². The molecule has 0 aromatic heterocycles. The van der Waals surface area contributed by atoms with E-state index in [0.29, 0.717) is 18.5 Å². The number of carbonyl (C=O) groups excluding carboxylic acids is 1. The average Bonchev–Trinajstić information content (AvgIpc) is 2.35. The van der Waals surface area contributed by atoms with Crippen LogP contribution in [0, 0.1) is 5.92 Å². The Balaban J connectivity index is 2.21. The lowest BCUT2D eigenvalue weighted by Gasteiger charge is -2.34. The summed E-state index contributed by atoms with van der Waals surface area (Å²) in [7, 11) is 0. The summed E-state index contributed by atoms with van der Waals surface area (Å²) in [6, 6.07) is 0.657. The first kappa shape index (κ1) is 15.4. The molecule has 0 aliphatic carbocycles. The van der Waals surface area contributed by atoms with Crippen molar-refractivity contribution < 1.29 is 4.79 Å². The summed E-state index contributed by atoms with van der Waals surface area (Å²) in [6.45, 7) is 12.4. The number of carbonyl (C=O) groups is 1. The van der Waals surface area contributed by atoms with E-state index in [0.717, 1.165) is 6.54 Å². The molecule has 1 amide bonds. The number of nitrogens with one attached hydrogen (secondary N) is 2. The summed E-state index contributed by atoms with van der Waals surface area (Å²) in [5.41, 5.74) is 0. The highest BCUT2D eigenvalue weighted by Gasteiger charge is 2.23. The van der Waals surface area contributed by atoms with Gasteiger partial charge < -0.3 is 15.5 Å². The Kier molecular flexibility index (Phi) is 6.65. The molecule has 1 heterocycles. The number of likely N-dealkylation sites (tertiary alicyclic amines) is 1. The lowest BCUT2D eigenvalue weighted by atomic mass is 9.90. The predicted molar refractivity (Wildman–Crippen MR) is 75.6 cm³/mol. The smallest absolute Gasteiger partial charge is 0.234 e. The Bertz CT molecular complexity index is 247. The van der Waals surface area contributed by atoms with E-state index < -0.39 is 0 Å². The summed E-state index contributed by atoms with van der Waals surface area (Å²) in [5, 5.41) is 6.27. The average molecular weight is 255 g/mol. The number of amides is 1. The van der Waals surface area contributed by atoms with Gasteiger partial charge in [0.05, 0.1) is 6.54 Å². The fourth-order valence-electron chi connectivity index (χ4n) is 2.56. The van der Waals surface area contributed by atoms with Gasteiger partial charge in [0, 0.05) is 12.1 Å². The van der Waals surface area contributed by atoms with Gasteiger partial charge in [0.25, 0.3) is 0 Å². The summed E-state index contributed by atoms with van der Waals surface area (Å²) < 4.78 is 0. The van der Waals surface area contributed by atoms with Crippen LogP contribution in [0.1, 0.15) is 40.5 Å². The Morgan fingerprint density at radius 1 is 1.28 bits per heavy atom. The molecule has 0 spiro atoms. The molecule has 1 aliphatic rings. The third kappa shape index (κ3) is 5.36. The number of rotatable bonds is 6. The molecule has 2 N–H and O–H groups in total. The fourth-order valence-corrected chi connectivity index (χ4v) is 2.56. The minimum atomic E-state index is 0.0999. The van der Waals surface area contributed by atoms with E-state index in [4.69, 9.17) is 0 Å². The first-order valence-electron chi connectivity index (χ1n) is 7.28. The third-order valence-corrected chi connectivity index (χ3v) is 3.82. The van der Waals surface area contributed by atoms with Crippen LogP contribution in [0.15, 0.2) is 0 Å². The second kappa shape index (κ2) is 7.74. The van der Waals surface area contributed by atoms with Crippen LogP contribution in [-0.4, -0.2) is 49.1 Å². The predicted octanol–water partition coefficient (Wildman–Crippen LogP) is 1.22. The van der Waals surface area contributed by atoms with Crippen molar-refractivity contribution in [3.63, 3.8) is 0 Å². The molecule has 1 aliphatic heterocycles. The maximum absolute atomic E-state index is 11.6. The number of nitrogens with zero attached hydrogens (tertiary/aromatic N) is 1. The molecular formula is C14H29N3O. The van der Waals surface area contributed by atoms with Gasteiger partial charge in [-0.15, -0.1) is 0 Å². The van der Waals surface area contributed by atoms with Crippen LogP contribution >= 0.6 is 0 Å². The van der Waals surface area contributed by atoms with E-state index in [1.165, 1.54) is 25.9 Å². The van der Waals surface area contributed by atoms with Crippen LogP contribution < -0.4 is 10.6 Å². The first-order chi connectivity index (χ1) is 8.52. The van der Waals surface area contributed by atoms with Gasteiger partial charge in [-0.1, -0.05) is 6.92 Å². The molecular weight excluding hydrogens is 226 g/mol. The summed E-state index contributed by atoms with van der Waals surface area (Å²) in [6.07, 6.45) is 2.49. The quantitative estimate of drug-likeness (QED) is 0.750. The highest BCUT2D eigenvalue weighted by Crippen LogP contribution is 2.20. The first-order valence-corrected chi connectivity index (χ1v) is 7.28. The van der Waals surface area contributed by atoms with Crippen molar-refractivity contribution in [3.8, 4) is 0 Å². The molecule has 4 heteroatoms. The lowest BCUT2D eigenvalue weighted by molar-refractivity contribution is -0.120. The van der Waals surface area contributed by atoms with Gasteiger partial charge in [-0.2, -0.15) is 0 Å². The molecule has 18 heavy (non-hydrogen) atoms. The highest BCUT2D eigenvalue weighted by molar-refractivity contribution is 5.78. The fraction of sp³-hybridized carbons (Fsp3) is 0.929. The molecule has 1 fully saturated rings. The van der Waals surface area contributed by atoms with Crippen LogP contribution in [-0.2, 0) is 4.79 Å². The van der Waals surface area contributed by atoms with Crippen molar-refractivity contribution >= 4 is 5.91 Å². The monoisotopic (exact) mass is 255 g/mol. The van der Waals surface area contributed by atoms with Gasteiger partial charge in [-0.3, -0.25) is 4.79 Å². The molecule has 0 radical (unpaired) electrons. The van der Waals surface area contributed by atoms with Crippen molar-refractivity contribution in [2.75, 3.05) is 26.2 Å². The number of piperidine rings is 1. The van der Waals surface area contributed by atoms with Crippen molar-refractivity contribution in [1.29, 1.82) is 0 Å². The van der Waals surface area contributed by atoms with Crippen LogP contribution in [0.4, 0.5) is 0 Å². The molecule has 1 atom stereocenters. The van der Waals surface area contributed by atoms with Crippen molar-refractivity contribution in [2.24, 2.45) is 5.92 Å². The van der Waals surface area contributed by atoms with E-state index in [1.807, 2.05) is 13.8 Å². The van der Waals surface area contributed by atoms with Crippen LogP contribution in [0.5, 0.6) is 0 Å². The van der Waals surface area contributed by atoms with E-state index in [1.54, 1.807) is 0 Å². The van der Waals surface area contributed by atoms with E-state index in [-0.39, 0.29) is 11.9 Å². The Labute approximate surface area is 111 Å². The van der Waals surface area contributed by atoms with E-state index in [9.17, 15) is 4.79 Å². The molecule has 4 nitrogen and oxygen atoms in total. The zero-order chi connectivity index (χ0) is 13.5. The molecule has 0 aromatic rings. The lowest BCUT2D eigenvalue weighted by Crippen LogP contribution is -2.45. The van der Waals surface area contributed by atoms with Gasteiger partial charge in [-0.25, -0.2) is 0 Å². The molecule has 1 rings (SSSR count). The maximum Gasteiger partial charge on any atom is 0.234 e. The largest absolute Gasteiger partial charge is 0.353 e. The van der Waals surface area contributed by atoms with E-state index >= 15 is 0 Å². The number of hydrogen-bond acceptors (Lipinski definition) is 3. The zero-order valence-corrected chi connectivity index (χ0v) is 12.3. The molecule has 1 saturated heterocycles. The Hall–Kier alpha value is -0.610. The van der Waals surface area contributed by atoms with Crippen molar-refractivity contribution in [1.82, 2.24) is 15.5 Å². The SMILES string of the molecule is CCN1CCC(C(C)NCC(=O)NC(C)C)CC1. The van der Waals surface area contributed by atoms with Gasteiger partial charge in [0.2, 0.25) is 5.91 Å². The minimum Gasteiger partial charge on any atom is -0.353 e. The summed E-state index contributed by atoms with van der Waals surface area (Å²) in [4.78, 5) is 14.1. The van der Waals surface area contributed by atoms with Gasteiger partial charge >= 0.3 is 0 Å². The molecule has 0 bridgehead atoms. The maximum atomic E-state index is 11.6. The summed E-state index contributed by atoms with van der Waals surface area (Å²) >= 11 is 0. The normalized spacial score (nSPS) is 20.1. The van der Waals surface area contributed by atoms with Crippen LogP contribution in [0.25, 0.3) is 0 Å². The molecule has 0 saturated carbocycles. The zero-order valence-electron chi connectivity index (χ0n) is 12.3. The van der Waals surface area contributed by atoms with Crippen LogP contribution in [0.3, 0.4) is 0 Å². The second-order valence-electron chi connectivity index (χ2n) is 5.66. The molecule has 0 aromatic carbocycles. The Morgan fingerprint density at radius 3 is 2.39 bits per heavy atom. The second-order valence-corrected chi connectivity index (χ2v) is 5.66. The van der Waals surface area contributed by atoms with Crippen molar-refractivity contribution in [3.05, 3.63) is 0 Å². The Morgan fingerprint density at radius 2 is 1.89 bits per heavy atom. The summed E-state index contributed by atoms with van der Waals surface area (Å²) in [5.74, 6) is 0.808.